The normalized spacial score (nSPS) is 16.7. The average Bonchev–Trinajstić information content (AvgIpc) is 3.27. The zero-order valence-electron chi connectivity index (χ0n) is 16.8. The molecule has 2 heterocycles. The predicted octanol–water partition coefficient (Wildman–Crippen LogP) is 3.31. The Labute approximate surface area is 172 Å². The Hall–Kier alpha value is -1.89. The van der Waals surface area contributed by atoms with Crippen molar-refractivity contribution in [2.24, 2.45) is 4.99 Å². The molecule has 1 aliphatic rings. The number of rotatable bonds is 9. The van der Waals surface area contributed by atoms with Crippen LogP contribution in [0.1, 0.15) is 29.8 Å². The lowest BCUT2D eigenvalue weighted by Crippen LogP contribution is -2.41. The highest BCUT2D eigenvalue weighted by molar-refractivity contribution is 7.10. The number of nitrogens with one attached hydrogen (secondary N) is 2. The van der Waals surface area contributed by atoms with Crippen LogP contribution >= 0.6 is 11.3 Å². The third kappa shape index (κ3) is 6.62. The number of guanidine groups is 1. The molecule has 0 amide bonds. The molecule has 2 N–H and O–H groups in total. The minimum absolute atomic E-state index is 0.323. The lowest BCUT2D eigenvalue weighted by Gasteiger charge is -2.33. The number of aliphatic imine (C=N–C) groups is 1. The molecule has 3 rings (SSSR count). The number of nitrogens with zero attached hydrogens (tertiary/aromatic N) is 2. The first-order chi connectivity index (χ1) is 13.9. The van der Waals surface area contributed by atoms with Crippen molar-refractivity contribution in [1.29, 1.82) is 0 Å². The van der Waals surface area contributed by atoms with E-state index in [9.17, 15) is 0 Å². The van der Waals surface area contributed by atoms with Crippen LogP contribution in [0.15, 0.2) is 52.8 Å². The summed E-state index contributed by atoms with van der Waals surface area (Å²) in [4.78, 5) is 8.79. The van der Waals surface area contributed by atoms with E-state index in [1.807, 2.05) is 11.3 Å². The summed E-state index contributed by atoms with van der Waals surface area (Å²) in [7, 11) is 0. The van der Waals surface area contributed by atoms with Gasteiger partial charge in [0.1, 0.15) is 0 Å². The quantitative estimate of drug-likeness (QED) is 0.385. The lowest BCUT2D eigenvalue weighted by molar-refractivity contribution is 0.0186. The van der Waals surface area contributed by atoms with Gasteiger partial charge in [0.2, 0.25) is 0 Å². The largest absolute Gasteiger partial charge is 0.379 e. The van der Waals surface area contributed by atoms with Crippen molar-refractivity contribution in [2.75, 3.05) is 45.9 Å². The highest BCUT2D eigenvalue weighted by Gasteiger charge is 2.23. The molecule has 0 bridgehead atoms. The summed E-state index contributed by atoms with van der Waals surface area (Å²) in [5, 5.41) is 9.03. The minimum atomic E-state index is 0.323. The van der Waals surface area contributed by atoms with E-state index in [0.717, 1.165) is 64.7 Å². The van der Waals surface area contributed by atoms with Crippen molar-refractivity contribution >= 4 is 17.3 Å². The number of thiophene rings is 1. The van der Waals surface area contributed by atoms with Gasteiger partial charge in [-0.2, -0.15) is 0 Å². The van der Waals surface area contributed by atoms with Gasteiger partial charge in [0, 0.05) is 31.1 Å². The summed E-state index contributed by atoms with van der Waals surface area (Å²) in [5.41, 5.74) is 1.39. The Balaban J connectivity index is 1.54. The van der Waals surface area contributed by atoms with Crippen LogP contribution < -0.4 is 10.6 Å². The first-order valence-corrected chi connectivity index (χ1v) is 11.2. The molecule has 1 aromatic carbocycles. The first-order valence-electron chi connectivity index (χ1n) is 10.3. The molecule has 1 unspecified atom stereocenters. The van der Waals surface area contributed by atoms with E-state index in [1.165, 1.54) is 10.4 Å². The third-order valence-electron chi connectivity index (χ3n) is 4.90. The van der Waals surface area contributed by atoms with Crippen LogP contribution in [0.4, 0.5) is 0 Å². The van der Waals surface area contributed by atoms with Gasteiger partial charge in [-0.1, -0.05) is 36.4 Å². The zero-order valence-corrected chi connectivity index (χ0v) is 17.6. The molecule has 1 atom stereocenters. The molecule has 28 heavy (non-hydrogen) atoms. The van der Waals surface area contributed by atoms with E-state index >= 15 is 0 Å². The van der Waals surface area contributed by atoms with Crippen molar-refractivity contribution < 1.29 is 4.74 Å². The van der Waals surface area contributed by atoms with Gasteiger partial charge in [0.25, 0.3) is 0 Å². The van der Waals surface area contributed by atoms with Crippen LogP contribution in [0.3, 0.4) is 0 Å². The van der Waals surface area contributed by atoms with E-state index in [0.29, 0.717) is 6.04 Å². The topological polar surface area (TPSA) is 48.9 Å². The maximum atomic E-state index is 5.53. The summed E-state index contributed by atoms with van der Waals surface area (Å²) in [5.74, 6) is 0.908. The van der Waals surface area contributed by atoms with Gasteiger partial charge in [0.15, 0.2) is 5.96 Å². The Kier molecular flexibility index (Phi) is 8.81. The van der Waals surface area contributed by atoms with Crippen molar-refractivity contribution in [2.45, 2.75) is 25.8 Å². The van der Waals surface area contributed by atoms with Crippen LogP contribution in [-0.2, 0) is 11.2 Å². The summed E-state index contributed by atoms with van der Waals surface area (Å²) in [6.45, 7) is 8.22. The fourth-order valence-corrected chi connectivity index (χ4v) is 4.27. The fraction of sp³-hybridized carbons (Fsp3) is 0.500. The monoisotopic (exact) mass is 400 g/mol. The number of aryl methyl sites for hydroxylation is 1. The second-order valence-corrected chi connectivity index (χ2v) is 7.89. The Morgan fingerprint density at radius 3 is 2.68 bits per heavy atom. The molecule has 0 spiro atoms. The molecule has 0 aliphatic carbocycles. The Morgan fingerprint density at radius 2 is 1.96 bits per heavy atom. The summed E-state index contributed by atoms with van der Waals surface area (Å²) in [6, 6.07) is 15.3. The molecule has 0 radical (unpaired) electrons. The second kappa shape index (κ2) is 11.8. The maximum Gasteiger partial charge on any atom is 0.191 e. The van der Waals surface area contributed by atoms with Gasteiger partial charge in [-0.15, -0.1) is 11.3 Å². The van der Waals surface area contributed by atoms with Crippen LogP contribution in [0.5, 0.6) is 0 Å². The van der Waals surface area contributed by atoms with Crippen LogP contribution in [-0.4, -0.2) is 56.8 Å². The average molecular weight is 401 g/mol. The Morgan fingerprint density at radius 1 is 1.14 bits per heavy atom. The highest BCUT2D eigenvalue weighted by Crippen LogP contribution is 2.26. The molecule has 1 fully saturated rings. The number of ether oxygens (including phenoxy) is 1. The van der Waals surface area contributed by atoms with Crippen molar-refractivity contribution in [3.05, 3.63) is 58.3 Å². The number of morpholine rings is 1. The SMILES string of the molecule is CCNC(=NCC(c1cccs1)N1CCOCC1)NCCCc1ccccc1. The van der Waals surface area contributed by atoms with Gasteiger partial charge in [-0.3, -0.25) is 9.89 Å². The number of hydrogen-bond acceptors (Lipinski definition) is 4. The molecule has 0 saturated carbocycles. The molecule has 1 aliphatic heterocycles. The van der Waals surface area contributed by atoms with Crippen LogP contribution in [0, 0.1) is 0 Å². The fourth-order valence-electron chi connectivity index (χ4n) is 3.42. The molecule has 6 heteroatoms. The third-order valence-corrected chi connectivity index (χ3v) is 5.88. The van der Waals surface area contributed by atoms with Crippen molar-refractivity contribution in [3.63, 3.8) is 0 Å². The molecular formula is C22H32N4OS. The first kappa shape index (κ1) is 20.8. The molecular weight excluding hydrogens is 368 g/mol. The van der Waals surface area contributed by atoms with E-state index in [-0.39, 0.29) is 0 Å². The van der Waals surface area contributed by atoms with Crippen LogP contribution in [0.2, 0.25) is 0 Å². The lowest BCUT2D eigenvalue weighted by atomic mass is 10.1. The van der Waals surface area contributed by atoms with Crippen molar-refractivity contribution in [3.8, 4) is 0 Å². The molecule has 2 aromatic rings. The molecule has 152 valence electrons. The second-order valence-electron chi connectivity index (χ2n) is 6.92. The zero-order chi connectivity index (χ0) is 19.4. The van der Waals surface area contributed by atoms with Crippen LogP contribution in [0.25, 0.3) is 0 Å². The number of hydrogen-bond donors (Lipinski definition) is 2. The maximum absolute atomic E-state index is 5.53. The van der Waals surface area contributed by atoms with Gasteiger partial charge in [-0.05, 0) is 36.8 Å². The summed E-state index contributed by atoms with van der Waals surface area (Å²) in [6.07, 6.45) is 2.17. The van der Waals surface area contributed by atoms with Gasteiger partial charge >= 0.3 is 0 Å². The molecule has 5 nitrogen and oxygen atoms in total. The van der Waals surface area contributed by atoms with Crippen molar-refractivity contribution in [1.82, 2.24) is 15.5 Å². The summed E-state index contributed by atoms with van der Waals surface area (Å²) < 4.78 is 5.53. The smallest absolute Gasteiger partial charge is 0.191 e. The van der Waals surface area contributed by atoms with E-state index in [2.05, 4.69) is 70.3 Å². The minimum Gasteiger partial charge on any atom is -0.379 e. The highest BCUT2D eigenvalue weighted by atomic mass is 32.1. The van der Waals surface area contributed by atoms with E-state index in [4.69, 9.17) is 9.73 Å². The molecule has 1 aromatic heterocycles. The Bertz CT molecular complexity index is 684. The van der Waals surface area contributed by atoms with Gasteiger partial charge in [0.05, 0.1) is 25.8 Å². The number of benzene rings is 1. The van der Waals surface area contributed by atoms with E-state index < -0.39 is 0 Å². The van der Waals surface area contributed by atoms with Gasteiger partial charge in [-0.25, -0.2) is 0 Å². The molecule has 1 saturated heterocycles. The summed E-state index contributed by atoms with van der Waals surface area (Å²) >= 11 is 1.82. The predicted molar refractivity (Wildman–Crippen MR) is 118 cm³/mol. The van der Waals surface area contributed by atoms with E-state index in [1.54, 1.807) is 0 Å². The van der Waals surface area contributed by atoms with Gasteiger partial charge < -0.3 is 15.4 Å². The standard InChI is InChI=1S/C22H32N4OS/c1-2-23-22(24-12-6-10-19-8-4-3-5-9-19)25-18-20(21-11-7-17-28-21)26-13-15-27-16-14-26/h3-5,7-9,11,17,20H,2,6,10,12-16,18H2,1H3,(H2,23,24,25).